The average Bonchev–Trinajstić information content (AvgIpc) is 3.07. The number of hydrogen-bond donors (Lipinski definition) is 0. The lowest BCUT2D eigenvalue weighted by Gasteiger charge is -2.21. The minimum absolute atomic E-state index is 0.0186. The molecule has 1 aromatic rings. The number of nitro groups is 1. The molecule has 122 valence electrons. The van der Waals surface area contributed by atoms with Gasteiger partial charge in [-0.05, 0) is 25.0 Å². The number of benzene rings is 1. The van der Waals surface area contributed by atoms with Gasteiger partial charge in [0, 0.05) is 37.8 Å². The summed E-state index contributed by atoms with van der Waals surface area (Å²) >= 11 is 0. The molecule has 0 aliphatic carbocycles. The lowest BCUT2D eigenvalue weighted by Crippen LogP contribution is -2.31. The van der Waals surface area contributed by atoms with E-state index < -0.39 is 4.92 Å². The summed E-state index contributed by atoms with van der Waals surface area (Å²) < 4.78 is 0. The van der Waals surface area contributed by atoms with Crippen LogP contribution in [-0.4, -0.2) is 41.9 Å². The van der Waals surface area contributed by atoms with Crippen molar-refractivity contribution < 1.29 is 9.72 Å². The summed E-state index contributed by atoms with van der Waals surface area (Å²) in [5.41, 5.74) is 0.876. The first-order valence-corrected chi connectivity index (χ1v) is 7.63. The Hall–Kier alpha value is -2.63. The van der Waals surface area contributed by atoms with Gasteiger partial charge in [-0.1, -0.05) is 12.2 Å². The van der Waals surface area contributed by atoms with Gasteiger partial charge < -0.3 is 9.80 Å². The molecule has 1 aliphatic heterocycles. The van der Waals surface area contributed by atoms with E-state index in [1.807, 2.05) is 4.90 Å². The van der Waals surface area contributed by atoms with Crippen molar-refractivity contribution >= 4 is 17.3 Å². The standard InChI is InChI=1S/C17H21N3O3/c1-3-9-19(10-4-2)17(21)14-7-8-15(16(13-14)20(22)23)18-11-5-6-12-18/h3-4,7-8,13H,1-2,5-6,9-12H2. The predicted molar refractivity (Wildman–Crippen MR) is 90.8 cm³/mol. The fourth-order valence-electron chi connectivity index (χ4n) is 2.76. The molecule has 0 radical (unpaired) electrons. The molecule has 1 aliphatic rings. The van der Waals surface area contributed by atoms with Crippen LogP contribution in [0.25, 0.3) is 0 Å². The van der Waals surface area contributed by atoms with E-state index in [-0.39, 0.29) is 11.6 Å². The summed E-state index contributed by atoms with van der Waals surface area (Å²) in [6.07, 6.45) is 5.30. The van der Waals surface area contributed by atoms with Gasteiger partial charge in [0.1, 0.15) is 5.69 Å². The van der Waals surface area contributed by atoms with Gasteiger partial charge in [-0.2, -0.15) is 0 Å². The monoisotopic (exact) mass is 315 g/mol. The molecule has 6 nitrogen and oxygen atoms in total. The second-order valence-corrected chi connectivity index (χ2v) is 5.44. The zero-order chi connectivity index (χ0) is 16.8. The van der Waals surface area contributed by atoms with Crippen molar-refractivity contribution in [3.8, 4) is 0 Å². The van der Waals surface area contributed by atoms with Crippen molar-refractivity contribution in [2.24, 2.45) is 0 Å². The van der Waals surface area contributed by atoms with Crippen LogP contribution >= 0.6 is 0 Å². The molecule has 0 unspecified atom stereocenters. The van der Waals surface area contributed by atoms with E-state index in [1.165, 1.54) is 11.0 Å². The number of carbonyl (C=O) groups is 1. The molecule has 0 spiro atoms. The Balaban J connectivity index is 2.34. The van der Waals surface area contributed by atoms with E-state index in [1.54, 1.807) is 24.3 Å². The van der Waals surface area contributed by atoms with Crippen LogP contribution in [0.5, 0.6) is 0 Å². The molecular formula is C17H21N3O3. The summed E-state index contributed by atoms with van der Waals surface area (Å²) in [4.78, 5) is 27.0. The zero-order valence-corrected chi connectivity index (χ0v) is 13.1. The molecule has 0 N–H and O–H groups in total. The molecule has 0 atom stereocenters. The fourth-order valence-corrected chi connectivity index (χ4v) is 2.76. The summed E-state index contributed by atoms with van der Waals surface area (Å²) in [5.74, 6) is -0.263. The van der Waals surface area contributed by atoms with Gasteiger partial charge in [0.25, 0.3) is 11.6 Å². The van der Waals surface area contributed by atoms with Crippen LogP contribution in [0.1, 0.15) is 23.2 Å². The van der Waals surface area contributed by atoms with E-state index in [0.29, 0.717) is 24.3 Å². The lowest BCUT2D eigenvalue weighted by molar-refractivity contribution is -0.384. The van der Waals surface area contributed by atoms with E-state index in [2.05, 4.69) is 13.2 Å². The molecular weight excluding hydrogens is 294 g/mol. The number of hydrogen-bond acceptors (Lipinski definition) is 4. The van der Waals surface area contributed by atoms with E-state index in [0.717, 1.165) is 25.9 Å². The zero-order valence-electron chi connectivity index (χ0n) is 13.1. The van der Waals surface area contributed by atoms with Gasteiger partial charge in [0.15, 0.2) is 0 Å². The van der Waals surface area contributed by atoms with E-state index >= 15 is 0 Å². The van der Waals surface area contributed by atoms with Crippen LogP contribution in [0.15, 0.2) is 43.5 Å². The number of rotatable bonds is 7. The van der Waals surface area contributed by atoms with E-state index in [9.17, 15) is 14.9 Å². The molecule has 1 saturated heterocycles. The highest BCUT2D eigenvalue weighted by Gasteiger charge is 2.24. The molecule has 1 amide bonds. The number of nitrogens with zero attached hydrogens (tertiary/aromatic N) is 3. The first-order valence-electron chi connectivity index (χ1n) is 7.63. The Kier molecular flexibility index (Phi) is 5.51. The quantitative estimate of drug-likeness (QED) is 0.441. The van der Waals surface area contributed by atoms with Crippen molar-refractivity contribution in [3.63, 3.8) is 0 Å². The predicted octanol–water partition coefficient (Wildman–Crippen LogP) is 3.01. The van der Waals surface area contributed by atoms with Crippen molar-refractivity contribution in [2.45, 2.75) is 12.8 Å². The summed E-state index contributed by atoms with van der Waals surface area (Å²) in [6.45, 7) is 9.62. The maximum atomic E-state index is 12.5. The van der Waals surface area contributed by atoms with Crippen molar-refractivity contribution in [1.29, 1.82) is 0 Å². The summed E-state index contributed by atoms with van der Waals surface area (Å²) in [7, 11) is 0. The van der Waals surface area contributed by atoms with Gasteiger partial charge >= 0.3 is 0 Å². The van der Waals surface area contributed by atoms with Gasteiger partial charge in [-0.25, -0.2) is 0 Å². The van der Waals surface area contributed by atoms with Gasteiger partial charge in [0.05, 0.1) is 4.92 Å². The van der Waals surface area contributed by atoms with Crippen molar-refractivity contribution in [3.05, 3.63) is 59.2 Å². The summed E-state index contributed by atoms with van der Waals surface area (Å²) in [5, 5.41) is 11.4. The maximum Gasteiger partial charge on any atom is 0.293 e. The van der Waals surface area contributed by atoms with Gasteiger partial charge in [0.2, 0.25) is 0 Å². The highest BCUT2D eigenvalue weighted by Crippen LogP contribution is 2.32. The second-order valence-electron chi connectivity index (χ2n) is 5.44. The third-order valence-electron chi connectivity index (χ3n) is 3.85. The SMILES string of the molecule is C=CCN(CC=C)C(=O)c1ccc(N2CCCC2)c([N+](=O)[O-])c1. The molecule has 0 bridgehead atoms. The second kappa shape index (κ2) is 7.58. The molecule has 1 aromatic carbocycles. The molecule has 0 saturated carbocycles. The van der Waals surface area contributed by atoms with Gasteiger partial charge in [-0.15, -0.1) is 13.2 Å². The van der Waals surface area contributed by atoms with Crippen molar-refractivity contribution in [1.82, 2.24) is 4.90 Å². The number of nitro benzene ring substituents is 1. The van der Waals surface area contributed by atoms with Crippen LogP contribution < -0.4 is 4.90 Å². The average molecular weight is 315 g/mol. The molecule has 23 heavy (non-hydrogen) atoms. The Labute approximate surface area is 135 Å². The molecule has 0 aromatic heterocycles. The first kappa shape index (κ1) is 16.7. The molecule has 6 heteroatoms. The molecule has 1 heterocycles. The van der Waals surface area contributed by atoms with E-state index in [4.69, 9.17) is 0 Å². The Morgan fingerprint density at radius 2 is 1.87 bits per heavy atom. The third-order valence-corrected chi connectivity index (χ3v) is 3.85. The smallest absolute Gasteiger partial charge is 0.293 e. The van der Waals surface area contributed by atoms with Crippen LogP contribution in [0.4, 0.5) is 11.4 Å². The topological polar surface area (TPSA) is 66.7 Å². The maximum absolute atomic E-state index is 12.5. The largest absolute Gasteiger partial charge is 0.366 e. The van der Waals surface area contributed by atoms with Crippen LogP contribution in [0, 0.1) is 10.1 Å². The summed E-state index contributed by atoms with van der Waals surface area (Å²) in [6, 6.07) is 4.70. The van der Waals surface area contributed by atoms with Crippen LogP contribution in [0.2, 0.25) is 0 Å². The Morgan fingerprint density at radius 1 is 1.26 bits per heavy atom. The normalized spacial score (nSPS) is 13.7. The lowest BCUT2D eigenvalue weighted by atomic mass is 10.1. The van der Waals surface area contributed by atoms with Crippen LogP contribution in [-0.2, 0) is 0 Å². The Bertz CT molecular complexity index is 612. The number of anilines is 1. The minimum atomic E-state index is -0.421. The van der Waals surface area contributed by atoms with Gasteiger partial charge in [-0.3, -0.25) is 14.9 Å². The highest BCUT2D eigenvalue weighted by molar-refractivity contribution is 5.96. The number of amides is 1. The third kappa shape index (κ3) is 3.77. The molecule has 2 rings (SSSR count). The fraction of sp³-hybridized carbons (Fsp3) is 0.353. The Morgan fingerprint density at radius 3 is 2.39 bits per heavy atom. The molecule has 1 fully saturated rings. The van der Waals surface area contributed by atoms with Crippen LogP contribution in [0.3, 0.4) is 0 Å². The number of carbonyl (C=O) groups excluding carboxylic acids is 1. The minimum Gasteiger partial charge on any atom is -0.366 e. The highest BCUT2D eigenvalue weighted by atomic mass is 16.6. The first-order chi connectivity index (χ1) is 11.1. The van der Waals surface area contributed by atoms with Crippen molar-refractivity contribution in [2.75, 3.05) is 31.1 Å².